The zero-order chi connectivity index (χ0) is 14.5. The molecule has 2 rings (SSSR count). The summed E-state index contributed by atoms with van der Waals surface area (Å²) in [6, 6.07) is 11.8. The molecule has 106 valence electrons. The minimum absolute atomic E-state index is 0.135. The van der Waals surface area contributed by atoms with Crippen molar-refractivity contribution in [2.24, 2.45) is 5.73 Å². The van der Waals surface area contributed by atoms with Crippen LogP contribution in [0, 0.1) is 0 Å². The molecule has 4 N–H and O–H groups in total. The highest BCUT2D eigenvalue weighted by atomic mass is 16.5. The van der Waals surface area contributed by atoms with Gasteiger partial charge in [0.1, 0.15) is 11.9 Å². The number of rotatable bonds is 6. The number of hydrogen-bond acceptors (Lipinski definition) is 4. The summed E-state index contributed by atoms with van der Waals surface area (Å²) < 4.78 is 5.34. The Bertz CT molecular complexity index is 613. The van der Waals surface area contributed by atoms with Crippen molar-refractivity contribution < 1.29 is 14.6 Å². The Hall–Kier alpha value is -2.11. The maximum atomic E-state index is 10.8. The van der Waals surface area contributed by atoms with Crippen molar-refractivity contribution in [3.05, 3.63) is 42.0 Å². The topological polar surface area (TPSA) is 84.6 Å². The molecule has 20 heavy (non-hydrogen) atoms. The van der Waals surface area contributed by atoms with Crippen molar-refractivity contribution in [3.63, 3.8) is 0 Å². The lowest BCUT2D eigenvalue weighted by Crippen LogP contribution is -2.37. The smallest absolute Gasteiger partial charge is 0.247 e. The van der Waals surface area contributed by atoms with Crippen molar-refractivity contribution in [1.82, 2.24) is 5.32 Å². The van der Waals surface area contributed by atoms with E-state index in [2.05, 4.69) is 5.32 Å². The Morgan fingerprint density at radius 1 is 1.30 bits per heavy atom. The van der Waals surface area contributed by atoms with Gasteiger partial charge in [0.05, 0.1) is 7.11 Å². The molecule has 2 aromatic carbocycles. The van der Waals surface area contributed by atoms with Crippen molar-refractivity contribution in [2.75, 3.05) is 13.7 Å². The van der Waals surface area contributed by atoms with Crippen molar-refractivity contribution in [3.8, 4) is 5.75 Å². The molecule has 0 spiro atoms. The second kappa shape index (κ2) is 6.36. The number of ether oxygens (including phenoxy) is 1. The van der Waals surface area contributed by atoms with Gasteiger partial charge < -0.3 is 20.9 Å². The Balaban J connectivity index is 2.17. The quantitative estimate of drug-likeness (QED) is 0.727. The van der Waals surface area contributed by atoms with Crippen LogP contribution in [0.3, 0.4) is 0 Å². The molecule has 0 aliphatic carbocycles. The minimum Gasteiger partial charge on any atom is -0.496 e. The fraction of sp³-hybridized carbons (Fsp3) is 0.267. The number of methoxy groups -OCH3 is 1. The van der Waals surface area contributed by atoms with Crippen LogP contribution in [0.25, 0.3) is 10.8 Å². The van der Waals surface area contributed by atoms with Gasteiger partial charge in [-0.2, -0.15) is 0 Å². The van der Waals surface area contributed by atoms with Crippen LogP contribution in [-0.2, 0) is 11.3 Å². The molecule has 1 amide bonds. The lowest BCUT2D eigenvalue weighted by atomic mass is 10.0. The lowest BCUT2D eigenvalue weighted by molar-refractivity contribution is -0.125. The Kier molecular flexibility index (Phi) is 4.55. The highest BCUT2D eigenvalue weighted by Crippen LogP contribution is 2.28. The van der Waals surface area contributed by atoms with Crippen LogP contribution in [0.15, 0.2) is 36.4 Å². The zero-order valence-corrected chi connectivity index (χ0v) is 11.3. The first-order chi connectivity index (χ1) is 9.63. The molecule has 0 aromatic heterocycles. The number of aliphatic hydroxyl groups excluding tert-OH is 1. The maximum absolute atomic E-state index is 10.8. The number of carbonyl (C=O) groups excluding carboxylic acids is 1. The Labute approximate surface area is 117 Å². The first-order valence-corrected chi connectivity index (χ1v) is 6.36. The number of hydrogen-bond donors (Lipinski definition) is 3. The normalized spacial score (nSPS) is 12.3. The zero-order valence-electron chi connectivity index (χ0n) is 11.3. The van der Waals surface area contributed by atoms with Gasteiger partial charge in [-0.1, -0.05) is 30.3 Å². The number of amides is 1. The molecule has 0 aliphatic heterocycles. The van der Waals surface area contributed by atoms with Crippen LogP contribution in [0.5, 0.6) is 5.75 Å². The van der Waals surface area contributed by atoms with E-state index in [0.717, 1.165) is 22.1 Å². The molecule has 5 nitrogen and oxygen atoms in total. The first kappa shape index (κ1) is 14.3. The number of benzene rings is 2. The standard InChI is InChI=1S/C15H18N2O3/c1-20-14-7-6-10(8-17-9-13(18)15(16)19)11-4-2-3-5-12(11)14/h2-7,13,17-18H,8-9H2,1H3,(H2,16,19). The fourth-order valence-electron chi connectivity index (χ4n) is 2.11. The van der Waals surface area contributed by atoms with E-state index in [9.17, 15) is 9.90 Å². The number of primary amides is 1. The van der Waals surface area contributed by atoms with Crippen molar-refractivity contribution in [1.29, 1.82) is 0 Å². The predicted molar refractivity (Wildman–Crippen MR) is 77.4 cm³/mol. The van der Waals surface area contributed by atoms with E-state index in [-0.39, 0.29) is 6.54 Å². The third-order valence-electron chi connectivity index (χ3n) is 3.18. The van der Waals surface area contributed by atoms with Crippen LogP contribution in [0.1, 0.15) is 5.56 Å². The van der Waals surface area contributed by atoms with Gasteiger partial charge in [0.25, 0.3) is 0 Å². The van der Waals surface area contributed by atoms with Gasteiger partial charge in [0, 0.05) is 18.5 Å². The highest BCUT2D eigenvalue weighted by Gasteiger charge is 2.10. The summed E-state index contributed by atoms with van der Waals surface area (Å²) in [5, 5.41) is 14.5. The molecular weight excluding hydrogens is 256 g/mol. The number of nitrogens with two attached hydrogens (primary N) is 1. The largest absolute Gasteiger partial charge is 0.496 e. The third kappa shape index (κ3) is 3.07. The molecule has 0 fully saturated rings. The van der Waals surface area contributed by atoms with E-state index in [0.29, 0.717) is 6.54 Å². The third-order valence-corrected chi connectivity index (χ3v) is 3.18. The molecule has 2 aromatic rings. The maximum Gasteiger partial charge on any atom is 0.247 e. The number of fused-ring (bicyclic) bond motifs is 1. The summed E-state index contributed by atoms with van der Waals surface area (Å²) in [7, 11) is 1.64. The summed E-state index contributed by atoms with van der Waals surface area (Å²) in [5.41, 5.74) is 6.07. The molecule has 0 aliphatic rings. The molecule has 1 unspecified atom stereocenters. The summed E-state index contributed by atoms with van der Waals surface area (Å²) in [6.07, 6.45) is -1.17. The monoisotopic (exact) mass is 274 g/mol. The van der Waals surface area contributed by atoms with Crippen LogP contribution >= 0.6 is 0 Å². The molecule has 0 saturated carbocycles. The van der Waals surface area contributed by atoms with Gasteiger partial charge in [-0.05, 0) is 17.0 Å². The van der Waals surface area contributed by atoms with Crippen LogP contribution < -0.4 is 15.8 Å². The first-order valence-electron chi connectivity index (χ1n) is 6.36. The number of carbonyl (C=O) groups is 1. The van der Waals surface area contributed by atoms with Crippen molar-refractivity contribution >= 4 is 16.7 Å². The molecule has 0 radical (unpaired) electrons. The van der Waals surface area contributed by atoms with Crippen molar-refractivity contribution in [2.45, 2.75) is 12.6 Å². The molecule has 0 bridgehead atoms. The second-order valence-corrected chi connectivity index (χ2v) is 4.52. The van der Waals surface area contributed by atoms with Crippen LogP contribution in [0.2, 0.25) is 0 Å². The summed E-state index contributed by atoms with van der Waals surface area (Å²) in [5.74, 6) is 0.0959. The second-order valence-electron chi connectivity index (χ2n) is 4.52. The molecule has 0 heterocycles. The van der Waals surface area contributed by atoms with Gasteiger partial charge in [-0.25, -0.2) is 0 Å². The molecule has 1 atom stereocenters. The summed E-state index contributed by atoms with van der Waals surface area (Å²) >= 11 is 0. The Morgan fingerprint density at radius 2 is 2.00 bits per heavy atom. The molecule has 5 heteroatoms. The van der Waals surface area contributed by atoms with Gasteiger partial charge in [0.2, 0.25) is 5.91 Å². The fourth-order valence-corrected chi connectivity index (χ4v) is 2.11. The summed E-state index contributed by atoms with van der Waals surface area (Å²) in [4.78, 5) is 10.8. The van der Waals surface area contributed by atoms with Gasteiger partial charge >= 0.3 is 0 Å². The SMILES string of the molecule is COc1ccc(CNCC(O)C(N)=O)c2ccccc12. The lowest BCUT2D eigenvalue weighted by Gasteiger charge is -2.12. The number of aliphatic hydroxyl groups is 1. The van der Waals surface area contributed by atoms with Gasteiger partial charge in [0.15, 0.2) is 0 Å². The van der Waals surface area contributed by atoms with Crippen LogP contribution in [-0.4, -0.2) is 30.8 Å². The van der Waals surface area contributed by atoms with Gasteiger partial charge in [-0.15, -0.1) is 0 Å². The average molecular weight is 274 g/mol. The van der Waals surface area contributed by atoms with E-state index in [1.54, 1.807) is 7.11 Å². The summed E-state index contributed by atoms with van der Waals surface area (Å²) in [6.45, 7) is 0.671. The van der Waals surface area contributed by atoms with E-state index < -0.39 is 12.0 Å². The average Bonchev–Trinajstić information content (AvgIpc) is 2.47. The predicted octanol–water partition coefficient (Wildman–Crippen LogP) is 0.784. The van der Waals surface area contributed by atoms with E-state index in [1.165, 1.54) is 0 Å². The molecular formula is C15H18N2O3. The minimum atomic E-state index is -1.17. The van der Waals surface area contributed by atoms with Gasteiger partial charge in [-0.3, -0.25) is 4.79 Å². The van der Waals surface area contributed by atoms with E-state index in [4.69, 9.17) is 10.5 Å². The highest BCUT2D eigenvalue weighted by molar-refractivity contribution is 5.91. The van der Waals surface area contributed by atoms with Crippen LogP contribution in [0.4, 0.5) is 0 Å². The van der Waals surface area contributed by atoms with E-state index >= 15 is 0 Å². The molecule has 0 saturated heterocycles. The number of nitrogens with one attached hydrogen (secondary N) is 1. The Morgan fingerprint density at radius 3 is 2.65 bits per heavy atom. The van der Waals surface area contributed by atoms with E-state index in [1.807, 2.05) is 36.4 Å².